The number of hydrogen-bond acceptors (Lipinski definition) is 9. The molecule has 0 aromatic heterocycles. The molecule has 6 aliphatic rings. The second-order valence-electron chi connectivity index (χ2n) is 28.3. The highest BCUT2D eigenvalue weighted by Gasteiger charge is 2.50. The summed E-state index contributed by atoms with van der Waals surface area (Å²) in [6.45, 7) is -0.879. The topological polar surface area (TPSA) is 47.1 Å². The van der Waals surface area contributed by atoms with Gasteiger partial charge in [0.15, 0.2) is 0 Å². The number of fused-ring (bicyclic) bond motifs is 12. The highest BCUT2D eigenvalue weighted by molar-refractivity contribution is 7.03. The van der Waals surface area contributed by atoms with E-state index in [-0.39, 0.29) is 20.1 Å². The molecule has 6 aliphatic heterocycles. The van der Waals surface area contributed by atoms with Crippen molar-refractivity contribution in [1.82, 2.24) is 0 Å². The maximum atomic E-state index is 7.83. The molecule has 0 spiro atoms. The first-order valence-corrected chi connectivity index (χ1v) is 37.0. The summed E-state index contributed by atoms with van der Waals surface area (Å²) in [5.74, 6) is 4.59. The molecule has 0 atom stereocenters. The van der Waals surface area contributed by atoms with Crippen LogP contribution in [0.4, 0.5) is 102 Å². The first-order chi connectivity index (χ1) is 53.6. The van der Waals surface area contributed by atoms with Crippen molar-refractivity contribution in [3.8, 4) is 34.5 Å². The largest absolute Gasteiger partial charge is 0.458 e. The van der Waals surface area contributed by atoms with Gasteiger partial charge in [-0.3, -0.25) is 0 Å². The molecule has 0 radical (unpaired) electrons. The van der Waals surface area contributed by atoms with E-state index in [0.717, 1.165) is 170 Å². The first kappa shape index (κ1) is 61.4. The van der Waals surface area contributed by atoms with E-state index in [1.807, 2.05) is 0 Å². The Bertz CT molecular complexity index is 6080. The summed E-state index contributed by atoms with van der Waals surface area (Å²) in [4.78, 5) is 14.5. The Morgan fingerprint density at radius 3 is 0.870 bits per heavy atom. The maximum Gasteiger partial charge on any atom is 0.260 e. The van der Waals surface area contributed by atoms with Gasteiger partial charge in [0, 0.05) is 121 Å². The summed E-state index contributed by atoms with van der Waals surface area (Å²) in [5, 5.41) is 0. The lowest BCUT2D eigenvalue weighted by atomic mass is 9.29. The Morgan fingerprint density at radius 2 is 0.463 bits per heavy atom. The van der Waals surface area contributed by atoms with Gasteiger partial charge < -0.3 is 43.6 Å². The molecule has 0 saturated heterocycles. The second-order valence-corrected chi connectivity index (χ2v) is 28.3. The van der Waals surface area contributed by atoms with Crippen molar-refractivity contribution in [3.63, 3.8) is 0 Å². The average Bonchev–Trinajstić information content (AvgIpc) is 0.691. The minimum absolute atomic E-state index is 0.239. The Hall–Kier alpha value is -14.1. The molecule has 0 saturated carbocycles. The molecule has 6 heterocycles. The molecular weight excluding hydrogens is 1320 g/mol. The standard InChI is InChI=1S/C96H63B3N6O3/c1-10-32-64(33-11-1)100(65-34-12-2-13-35-65)73-54-85-94-86(55-73)104(71-46-24-8-25-47-71)83-62-89-80(60-78(83)97(94)76-50-28-30-52-82(76)103(85)70-44-22-7-23-45-70)99-81-61-79-84(63-90(81)108-93-59-75(58-92(107-89)96(93)99)102(68-40-18-5-19-41-68)69-42-20-6-21-43-69)105(72-48-26-9-27-49-72)87-56-74(57-91-95(87)98(79)77-51-29-31-53-88(77)106-91)101(66-36-14-3-15-37-66)67-38-16-4-17-39-67/h1-63H. The molecule has 12 heteroatoms. The SMILES string of the molecule is c1ccc(N(c2ccccc2)c2cc3c4c(c2)Oc2cc5c(cc2B4c2cc4c(cc2O3)N(c2ccccc2)c2cc(N(c3ccccc3)c3ccccc3)cc3c2B4c2ccccc2O3)B2c3ccccc3N(c3ccccc3)c3cc(N(c4ccccc4)c4ccccc4)cc(c32)N5c2ccccc2)cc1. The fourth-order valence-corrected chi connectivity index (χ4v) is 17.8. The van der Waals surface area contributed by atoms with E-state index in [1.165, 1.54) is 16.4 Å². The molecule has 0 N–H and O–H groups in total. The van der Waals surface area contributed by atoms with Gasteiger partial charge in [0.1, 0.15) is 34.5 Å². The van der Waals surface area contributed by atoms with Crippen LogP contribution in [0.1, 0.15) is 0 Å². The van der Waals surface area contributed by atoms with Crippen LogP contribution in [0.5, 0.6) is 34.5 Å². The molecule has 16 aromatic rings. The minimum Gasteiger partial charge on any atom is -0.458 e. The van der Waals surface area contributed by atoms with E-state index in [2.05, 4.69) is 412 Å². The molecule has 22 rings (SSSR count). The minimum atomic E-state index is -0.388. The van der Waals surface area contributed by atoms with Crippen LogP contribution in [0, 0.1) is 0 Å². The van der Waals surface area contributed by atoms with E-state index < -0.39 is 0 Å². The van der Waals surface area contributed by atoms with Crippen molar-refractivity contribution in [2.45, 2.75) is 0 Å². The summed E-state index contributed by atoms with van der Waals surface area (Å²) in [5.41, 5.74) is 28.5. The Morgan fingerprint density at radius 1 is 0.176 bits per heavy atom. The molecule has 0 fully saturated rings. The Labute approximate surface area is 628 Å². The summed E-state index contributed by atoms with van der Waals surface area (Å²) in [6.07, 6.45) is 0. The van der Waals surface area contributed by atoms with Crippen LogP contribution in [0.25, 0.3) is 0 Å². The smallest absolute Gasteiger partial charge is 0.260 e. The van der Waals surface area contributed by atoms with Crippen molar-refractivity contribution < 1.29 is 14.2 Å². The van der Waals surface area contributed by atoms with Gasteiger partial charge in [0.25, 0.3) is 20.1 Å². The van der Waals surface area contributed by atoms with Gasteiger partial charge in [-0.1, -0.05) is 212 Å². The van der Waals surface area contributed by atoms with Crippen LogP contribution >= 0.6 is 0 Å². The lowest BCUT2D eigenvalue weighted by Gasteiger charge is -2.45. The van der Waals surface area contributed by atoms with Crippen molar-refractivity contribution >= 4 is 172 Å². The van der Waals surface area contributed by atoms with Crippen LogP contribution < -0.4 is 92.8 Å². The fourth-order valence-electron chi connectivity index (χ4n) is 17.8. The van der Waals surface area contributed by atoms with E-state index >= 15 is 0 Å². The molecule has 9 nitrogen and oxygen atoms in total. The van der Waals surface area contributed by atoms with Crippen LogP contribution in [0.2, 0.25) is 0 Å². The molecule has 0 bridgehead atoms. The number of ether oxygens (including phenoxy) is 3. The normalized spacial score (nSPS) is 13.1. The van der Waals surface area contributed by atoms with Crippen LogP contribution in [-0.2, 0) is 0 Å². The van der Waals surface area contributed by atoms with Crippen molar-refractivity contribution in [3.05, 3.63) is 382 Å². The van der Waals surface area contributed by atoms with Gasteiger partial charge in [-0.15, -0.1) is 0 Å². The zero-order chi connectivity index (χ0) is 70.9. The summed E-state index contributed by atoms with van der Waals surface area (Å²) < 4.78 is 23.0. The summed E-state index contributed by atoms with van der Waals surface area (Å²) in [7, 11) is 0. The predicted octanol–water partition coefficient (Wildman–Crippen LogP) is 19.3. The number of benzene rings is 16. The third-order valence-corrected chi connectivity index (χ3v) is 22.2. The number of para-hydroxylation sites is 11. The molecule has 504 valence electrons. The highest BCUT2D eigenvalue weighted by Crippen LogP contribution is 2.52. The molecular formula is C96H63B3N6O3. The lowest BCUT2D eigenvalue weighted by molar-refractivity contribution is 0.465. The summed E-state index contributed by atoms with van der Waals surface area (Å²) in [6, 6.07) is 138. The van der Waals surface area contributed by atoms with Crippen molar-refractivity contribution in [1.29, 1.82) is 0 Å². The third kappa shape index (κ3) is 9.70. The molecule has 0 aliphatic carbocycles. The van der Waals surface area contributed by atoms with Crippen LogP contribution in [-0.4, -0.2) is 20.1 Å². The second kappa shape index (κ2) is 24.8. The van der Waals surface area contributed by atoms with Gasteiger partial charge in [-0.25, -0.2) is 0 Å². The number of rotatable bonds is 12. The van der Waals surface area contributed by atoms with Crippen LogP contribution in [0.3, 0.4) is 0 Å². The van der Waals surface area contributed by atoms with Gasteiger partial charge >= 0.3 is 0 Å². The molecule has 0 amide bonds. The first-order valence-electron chi connectivity index (χ1n) is 37.0. The van der Waals surface area contributed by atoms with Gasteiger partial charge in [-0.2, -0.15) is 0 Å². The Balaban J connectivity index is 0.814. The number of hydrogen-bond donors (Lipinski definition) is 0. The zero-order valence-electron chi connectivity index (χ0n) is 58.5. The van der Waals surface area contributed by atoms with Gasteiger partial charge in [-0.05, 0) is 183 Å². The van der Waals surface area contributed by atoms with Gasteiger partial charge in [0.05, 0.1) is 17.1 Å². The monoisotopic (exact) mass is 1380 g/mol. The fraction of sp³-hybridized carbons (Fsp3) is 0. The maximum absolute atomic E-state index is 7.83. The molecule has 0 unspecified atom stereocenters. The molecule has 16 aromatic carbocycles. The predicted molar refractivity (Wildman–Crippen MR) is 448 cm³/mol. The summed E-state index contributed by atoms with van der Waals surface area (Å²) >= 11 is 0. The highest BCUT2D eigenvalue weighted by atomic mass is 16.5. The van der Waals surface area contributed by atoms with Crippen molar-refractivity contribution in [2.75, 3.05) is 29.4 Å². The lowest BCUT2D eigenvalue weighted by Crippen LogP contribution is -2.65. The average molecular weight is 1380 g/mol. The zero-order valence-corrected chi connectivity index (χ0v) is 58.5. The third-order valence-electron chi connectivity index (χ3n) is 22.2. The Kier molecular flexibility index (Phi) is 14.1. The van der Waals surface area contributed by atoms with E-state index in [1.54, 1.807) is 0 Å². The van der Waals surface area contributed by atoms with Gasteiger partial charge in [0.2, 0.25) is 0 Å². The quantitative estimate of drug-likeness (QED) is 0.111. The van der Waals surface area contributed by atoms with E-state index in [9.17, 15) is 0 Å². The number of nitrogens with zero attached hydrogens (tertiary/aromatic N) is 6. The number of anilines is 18. The van der Waals surface area contributed by atoms with Crippen molar-refractivity contribution in [2.24, 2.45) is 0 Å². The molecule has 108 heavy (non-hydrogen) atoms. The van der Waals surface area contributed by atoms with E-state index in [0.29, 0.717) is 0 Å². The van der Waals surface area contributed by atoms with Crippen LogP contribution in [0.15, 0.2) is 382 Å². The van der Waals surface area contributed by atoms with E-state index in [4.69, 9.17) is 14.2 Å².